The molecule has 0 aliphatic carbocycles. The second-order valence-electron chi connectivity index (χ2n) is 7.16. The first kappa shape index (κ1) is 22.9. The van der Waals surface area contributed by atoms with Gasteiger partial charge in [0.1, 0.15) is 15.5 Å². The van der Waals surface area contributed by atoms with Crippen molar-refractivity contribution in [2.75, 3.05) is 18.2 Å². The summed E-state index contributed by atoms with van der Waals surface area (Å²) in [6, 6.07) is 8.12. The van der Waals surface area contributed by atoms with Gasteiger partial charge in [-0.1, -0.05) is 23.5 Å². The maximum Gasteiger partial charge on any atom is 0.288 e. The summed E-state index contributed by atoms with van der Waals surface area (Å²) in [4.78, 5) is 33.3. The van der Waals surface area contributed by atoms with E-state index in [1.165, 1.54) is 23.5 Å². The summed E-state index contributed by atoms with van der Waals surface area (Å²) < 4.78 is 37.3. The van der Waals surface area contributed by atoms with Crippen molar-refractivity contribution in [3.63, 3.8) is 0 Å². The average molecular weight is 507 g/mol. The van der Waals surface area contributed by atoms with Crippen molar-refractivity contribution in [1.29, 1.82) is 0 Å². The molecule has 2 aromatic carbocycles. The Morgan fingerprint density at radius 2 is 1.97 bits per heavy atom. The highest BCUT2D eigenvalue weighted by Gasteiger charge is 2.23. The number of anilines is 1. The molecule has 0 N–H and O–H groups in total. The number of hydrogen-bond acceptors (Lipinski definition) is 10. The van der Waals surface area contributed by atoms with Gasteiger partial charge in [-0.25, -0.2) is 17.8 Å². The number of benzene rings is 2. The highest BCUT2D eigenvalue weighted by Crippen LogP contribution is 2.34. The van der Waals surface area contributed by atoms with Crippen LogP contribution >= 0.6 is 22.7 Å². The average Bonchev–Trinajstić information content (AvgIpc) is 3.20. The zero-order valence-corrected chi connectivity index (χ0v) is 19.6. The van der Waals surface area contributed by atoms with Gasteiger partial charge in [0.05, 0.1) is 27.4 Å². The second-order valence-corrected chi connectivity index (χ2v) is 11.0. The number of non-ortho nitro benzene ring substituents is 1. The van der Waals surface area contributed by atoms with E-state index >= 15 is 0 Å². The molecule has 170 valence electrons. The first-order valence-corrected chi connectivity index (χ1v) is 12.9. The minimum Gasteiger partial charge on any atom is -0.345 e. The maximum atomic E-state index is 13.5. The van der Waals surface area contributed by atoms with Crippen LogP contribution in [0.5, 0.6) is 0 Å². The Kier molecular flexibility index (Phi) is 5.95. The van der Waals surface area contributed by atoms with Crippen LogP contribution in [0.25, 0.3) is 20.7 Å². The van der Waals surface area contributed by atoms with Crippen LogP contribution in [-0.4, -0.2) is 36.6 Å². The van der Waals surface area contributed by atoms with Crippen molar-refractivity contribution in [2.45, 2.75) is 11.4 Å². The van der Waals surface area contributed by atoms with Gasteiger partial charge in [-0.2, -0.15) is 4.98 Å². The zero-order chi connectivity index (χ0) is 23.9. The third-order valence-electron chi connectivity index (χ3n) is 4.64. The Labute approximate surface area is 194 Å². The van der Waals surface area contributed by atoms with E-state index in [0.29, 0.717) is 16.3 Å². The third-order valence-corrected chi connectivity index (χ3v) is 7.89. The molecule has 2 aromatic heterocycles. The molecule has 4 aromatic rings. The molecule has 0 saturated heterocycles. The minimum absolute atomic E-state index is 0.0352. The lowest BCUT2D eigenvalue weighted by Gasteiger charge is -2.16. The van der Waals surface area contributed by atoms with Crippen LogP contribution in [-0.2, 0) is 16.4 Å². The van der Waals surface area contributed by atoms with Gasteiger partial charge in [0, 0.05) is 30.3 Å². The lowest BCUT2D eigenvalue weighted by molar-refractivity contribution is -0.383. The normalized spacial score (nSPS) is 11.6. The van der Waals surface area contributed by atoms with Crippen LogP contribution in [0.3, 0.4) is 0 Å². The smallest absolute Gasteiger partial charge is 0.288 e. The largest absolute Gasteiger partial charge is 0.345 e. The van der Waals surface area contributed by atoms with Gasteiger partial charge in [-0.15, -0.1) is 11.3 Å². The highest BCUT2D eigenvalue weighted by atomic mass is 32.2. The molecule has 0 aliphatic heterocycles. The fourth-order valence-corrected chi connectivity index (χ4v) is 5.56. The predicted octanol–water partition coefficient (Wildman–Crippen LogP) is 3.87. The molecule has 9 nitrogen and oxygen atoms in total. The number of thiazole rings is 1. The molecule has 2 heterocycles. The summed E-state index contributed by atoms with van der Waals surface area (Å²) in [6.45, 7) is 0.246. The summed E-state index contributed by atoms with van der Waals surface area (Å²) in [5.41, 5.74) is 0.0389. The number of sulfone groups is 1. The van der Waals surface area contributed by atoms with E-state index in [2.05, 4.69) is 9.97 Å². The van der Waals surface area contributed by atoms with Gasteiger partial charge in [-0.05, 0) is 18.2 Å². The topological polar surface area (TPSA) is 123 Å². The van der Waals surface area contributed by atoms with Crippen molar-refractivity contribution >= 4 is 53.4 Å². The second kappa shape index (κ2) is 8.57. The Bertz CT molecular complexity index is 1570. The number of fused-ring (bicyclic) bond motifs is 1. The van der Waals surface area contributed by atoms with E-state index in [0.717, 1.165) is 29.7 Å². The molecule has 13 heteroatoms. The lowest BCUT2D eigenvalue weighted by Crippen LogP contribution is -2.20. The van der Waals surface area contributed by atoms with Gasteiger partial charge in [-0.3, -0.25) is 14.9 Å². The van der Waals surface area contributed by atoms with Crippen molar-refractivity contribution in [3.05, 3.63) is 73.8 Å². The molecule has 0 bridgehead atoms. The van der Waals surface area contributed by atoms with Crippen LogP contribution in [0.4, 0.5) is 15.2 Å². The molecule has 0 fully saturated rings. The molecule has 0 atom stereocenters. The summed E-state index contributed by atoms with van der Waals surface area (Å²) >= 11 is 2.25. The van der Waals surface area contributed by atoms with Crippen molar-refractivity contribution in [2.24, 2.45) is 0 Å². The van der Waals surface area contributed by atoms with Gasteiger partial charge in [0.25, 0.3) is 11.2 Å². The van der Waals surface area contributed by atoms with Crippen LogP contribution in [0, 0.1) is 15.9 Å². The molecule has 0 aliphatic rings. The summed E-state index contributed by atoms with van der Waals surface area (Å²) in [5.74, 6) is -0.368. The highest BCUT2D eigenvalue weighted by molar-refractivity contribution is 7.90. The number of halogens is 1. The van der Waals surface area contributed by atoms with Crippen LogP contribution in [0.2, 0.25) is 0 Å². The molecule has 0 saturated carbocycles. The number of nitro groups is 1. The minimum atomic E-state index is -3.77. The summed E-state index contributed by atoms with van der Waals surface area (Å²) in [7, 11) is -2.11. The van der Waals surface area contributed by atoms with E-state index in [-0.39, 0.29) is 32.5 Å². The Morgan fingerprint density at radius 1 is 1.21 bits per heavy atom. The molecular formula is C20H15FN4O5S3. The van der Waals surface area contributed by atoms with Gasteiger partial charge in [0.2, 0.25) is 0 Å². The van der Waals surface area contributed by atoms with Crippen molar-refractivity contribution in [1.82, 2.24) is 9.97 Å². The Hall–Kier alpha value is -3.29. The van der Waals surface area contributed by atoms with E-state index in [1.54, 1.807) is 29.5 Å². The zero-order valence-electron chi connectivity index (χ0n) is 17.2. The number of nitrogens with zero attached hydrogens (tertiary/aromatic N) is 4. The van der Waals surface area contributed by atoms with Crippen molar-refractivity contribution in [3.8, 4) is 10.6 Å². The standard InChI is InChI=1S/C20H15FN4O5S3/c1-24(9-13-10-31-19(22-13)11-4-3-5-12(21)6-11)20-23-18(26)15-7-14(33(2,29)30)8-16(25(27)28)17(15)32-20/h3-8,10H,9H2,1-2H3. The predicted molar refractivity (Wildman–Crippen MR) is 125 cm³/mol. The summed E-state index contributed by atoms with van der Waals surface area (Å²) in [6.07, 6.45) is 0.910. The Morgan fingerprint density at radius 3 is 2.64 bits per heavy atom. The van der Waals surface area contributed by atoms with Gasteiger partial charge < -0.3 is 4.90 Å². The molecule has 0 amide bonds. The number of aromatic nitrogens is 2. The fourth-order valence-electron chi connectivity index (χ4n) is 3.07. The van der Waals surface area contributed by atoms with Crippen LogP contribution in [0.15, 0.2) is 51.5 Å². The summed E-state index contributed by atoms with van der Waals surface area (Å²) in [5, 5.41) is 14.1. The molecule has 0 radical (unpaired) electrons. The quantitative estimate of drug-likeness (QED) is 0.285. The molecule has 33 heavy (non-hydrogen) atoms. The van der Waals surface area contributed by atoms with Gasteiger partial charge >= 0.3 is 0 Å². The first-order chi connectivity index (χ1) is 15.5. The number of nitro benzene ring substituents is 1. The molecule has 0 spiro atoms. The SMILES string of the molecule is CN(Cc1csc(-c2cccc(F)c2)n1)c1nc(=O)c2cc(S(C)(=O)=O)cc([N+](=O)[O-])c2s1. The number of rotatable bonds is 6. The Balaban J connectivity index is 1.71. The van der Waals surface area contributed by atoms with E-state index in [4.69, 9.17) is 0 Å². The van der Waals surface area contributed by atoms with Crippen molar-refractivity contribution < 1.29 is 17.7 Å². The van der Waals surface area contributed by atoms with E-state index in [9.17, 15) is 27.7 Å². The fraction of sp³-hybridized carbons (Fsp3) is 0.150. The molecule has 0 unspecified atom stereocenters. The van der Waals surface area contributed by atoms with Crippen LogP contribution < -0.4 is 10.5 Å². The number of hydrogen-bond donors (Lipinski definition) is 0. The van der Waals surface area contributed by atoms with E-state index < -0.39 is 26.0 Å². The maximum absolute atomic E-state index is 13.5. The molecule has 4 rings (SSSR count). The third kappa shape index (κ3) is 4.74. The molecular weight excluding hydrogens is 491 g/mol. The van der Waals surface area contributed by atoms with Crippen LogP contribution in [0.1, 0.15) is 5.69 Å². The van der Waals surface area contributed by atoms with E-state index in [1.807, 2.05) is 0 Å². The first-order valence-electron chi connectivity index (χ1n) is 9.28. The monoisotopic (exact) mass is 506 g/mol. The van der Waals surface area contributed by atoms with Gasteiger partial charge in [0.15, 0.2) is 15.0 Å². The lowest BCUT2D eigenvalue weighted by atomic mass is 10.2.